The maximum atomic E-state index is 12.2. The van der Waals surface area contributed by atoms with Crippen LogP contribution in [-0.2, 0) is 0 Å². The van der Waals surface area contributed by atoms with Gasteiger partial charge in [0.1, 0.15) is 0 Å². The molecular weight excluding hydrogens is 314 g/mol. The van der Waals surface area contributed by atoms with E-state index in [9.17, 15) is 4.79 Å². The van der Waals surface area contributed by atoms with Gasteiger partial charge in [-0.3, -0.25) is 4.79 Å². The molecule has 0 unspecified atom stereocenters. The number of amides is 1. The van der Waals surface area contributed by atoms with Gasteiger partial charge in [0, 0.05) is 21.5 Å². The molecule has 1 saturated carbocycles. The van der Waals surface area contributed by atoms with Crippen molar-refractivity contribution in [3.05, 3.63) is 34.3 Å². The van der Waals surface area contributed by atoms with E-state index in [0.29, 0.717) is 21.5 Å². The fourth-order valence-corrected chi connectivity index (χ4v) is 3.00. The van der Waals surface area contributed by atoms with E-state index < -0.39 is 0 Å². The Morgan fingerprint density at radius 3 is 2.67 bits per heavy atom. The van der Waals surface area contributed by atoms with Crippen molar-refractivity contribution in [1.82, 2.24) is 5.32 Å². The third-order valence-electron chi connectivity index (χ3n) is 3.44. The van der Waals surface area contributed by atoms with Gasteiger partial charge in [-0.05, 0) is 50.3 Å². The minimum Gasteiger partial charge on any atom is -0.349 e. The lowest BCUT2D eigenvalue weighted by Gasteiger charge is -2.26. The molecule has 0 aliphatic heterocycles. The van der Waals surface area contributed by atoms with Crippen LogP contribution >= 0.6 is 27.5 Å². The van der Waals surface area contributed by atoms with Crippen LogP contribution in [0.3, 0.4) is 0 Å². The molecule has 18 heavy (non-hydrogen) atoms. The quantitative estimate of drug-likeness (QED) is 0.813. The molecule has 1 aliphatic rings. The number of hydrogen-bond acceptors (Lipinski definition) is 1. The molecule has 4 heteroatoms. The minimum absolute atomic E-state index is 0.00646. The van der Waals surface area contributed by atoms with Crippen molar-refractivity contribution in [2.24, 2.45) is 0 Å². The van der Waals surface area contributed by atoms with E-state index in [1.54, 1.807) is 6.07 Å². The van der Waals surface area contributed by atoms with Crippen molar-refractivity contribution in [3.8, 4) is 0 Å². The normalized spacial score (nSPS) is 23.7. The molecule has 0 saturated heterocycles. The number of halogens is 2. The van der Waals surface area contributed by atoms with Gasteiger partial charge in [-0.15, -0.1) is 0 Å². The molecule has 1 N–H and O–H groups in total. The first kappa shape index (κ1) is 13.9. The van der Waals surface area contributed by atoms with E-state index in [2.05, 4.69) is 21.2 Å². The van der Waals surface area contributed by atoms with Gasteiger partial charge in [0.05, 0.1) is 0 Å². The molecule has 0 radical (unpaired) electrons. The summed E-state index contributed by atoms with van der Waals surface area (Å²) in [6.07, 6.45) is 4.33. The first-order valence-electron chi connectivity index (χ1n) is 6.27. The first-order valence-corrected chi connectivity index (χ1v) is 7.56. The molecule has 0 bridgehead atoms. The third kappa shape index (κ3) is 3.48. The summed E-state index contributed by atoms with van der Waals surface area (Å²) in [4.78, 5) is 12.8. The summed E-state index contributed by atoms with van der Waals surface area (Å²) in [6.45, 7) is 1.93. The SMILES string of the molecule is Cc1ccc(Cl)cc1C(=O)NC1CCC(Br)CC1. The van der Waals surface area contributed by atoms with E-state index in [0.717, 1.165) is 31.2 Å². The van der Waals surface area contributed by atoms with Gasteiger partial charge in [-0.2, -0.15) is 0 Å². The molecule has 98 valence electrons. The van der Waals surface area contributed by atoms with Gasteiger partial charge in [-0.1, -0.05) is 33.6 Å². The molecular formula is C14H17BrClNO. The van der Waals surface area contributed by atoms with Gasteiger partial charge in [0.25, 0.3) is 5.91 Å². The fraction of sp³-hybridized carbons (Fsp3) is 0.500. The smallest absolute Gasteiger partial charge is 0.251 e. The maximum absolute atomic E-state index is 12.2. The third-order valence-corrected chi connectivity index (χ3v) is 4.59. The Morgan fingerprint density at radius 2 is 2.00 bits per heavy atom. The summed E-state index contributed by atoms with van der Waals surface area (Å²) < 4.78 is 0. The first-order chi connectivity index (χ1) is 8.56. The zero-order valence-corrected chi connectivity index (χ0v) is 12.7. The van der Waals surface area contributed by atoms with Crippen LogP contribution < -0.4 is 5.32 Å². The molecule has 1 aromatic rings. The van der Waals surface area contributed by atoms with Crippen molar-refractivity contribution in [2.45, 2.75) is 43.5 Å². The number of carbonyl (C=O) groups excluding carboxylic acids is 1. The molecule has 1 aromatic carbocycles. The van der Waals surface area contributed by atoms with Crippen molar-refractivity contribution < 1.29 is 4.79 Å². The van der Waals surface area contributed by atoms with Crippen LogP contribution in [0, 0.1) is 6.92 Å². The Balaban J connectivity index is 2.01. The fourth-order valence-electron chi connectivity index (χ4n) is 2.30. The summed E-state index contributed by atoms with van der Waals surface area (Å²) in [5.74, 6) is -0.00646. The Morgan fingerprint density at radius 1 is 1.33 bits per heavy atom. The van der Waals surface area contributed by atoms with E-state index >= 15 is 0 Å². The standard InChI is InChI=1S/C14H17BrClNO/c1-9-2-5-11(16)8-13(9)14(18)17-12-6-3-10(15)4-7-12/h2,5,8,10,12H,3-4,6-7H2,1H3,(H,17,18). The van der Waals surface area contributed by atoms with Crippen LogP contribution in [-0.4, -0.2) is 16.8 Å². The lowest BCUT2D eigenvalue weighted by Crippen LogP contribution is -2.38. The molecule has 1 aliphatic carbocycles. The average molecular weight is 331 g/mol. The maximum Gasteiger partial charge on any atom is 0.251 e. The van der Waals surface area contributed by atoms with E-state index in [1.165, 1.54) is 0 Å². The highest BCUT2D eigenvalue weighted by Crippen LogP contribution is 2.24. The average Bonchev–Trinajstić information content (AvgIpc) is 2.35. The largest absolute Gasteiger partial charge is 0.349 e. The summed E-state index contributed by atoms with van der Waals surface area (Å²) in [7, 11) is 0. The zero-order valence-electron chi connectivity index (χ0n) is 10.4. The van der Waals surface area contributed by atoms with Crippen LogP contribution in [0.5, 0.6) is 0 Å². The molecule has 1 amide bonds. The number of carbonyl (C=O) groups is 1. The zero-order chi connectivity index (χ0) is 13.1. The van der Waals surface area contributed by atoms with Crippen molar-refractivity contribution >= 4 is 33.4 Å². The monoisotopic (exact) mass is 329 g/mol. The molecule has 0 heterocycles. The van der Waals surface area contributed by atoms with Crippen molar-refractivity contribution in [2.75, 3.05) is 0 Å². The van der Waals surface area contributed by atoms with Crippen LogP contribution in [0.25, 0.3) is 0 Å². The summed E-state index contributed by atoms with van der Waals surface area (Å²) in [5, 5.41) is 3.71. The Hall–Kier alpha value is -0.540. The van der Waals surface area contributed by atoms with E-state index in [4.69, 9.17) is 11.6 Å². The van der Waals surface area contributed by atoms with Gasteiger partial charge in [-0.25, -0.2) is 0 Å². The number of hydrogen-bond donors (Lipinski definition) is 1. The van der Waals surface area contributed by atoms with Crippen LogP contribution in [0.4, 0.5) is 0 Å². The van der Waals surface area contributed by atoms with Gasteiger partial charge in [0.15, 0.2) is 0 Å². The van der Waals surface area contributed by atoms with Crippen LogP contribution in [0.15, 0.2) is 18.2 Å². The Bertz CT molecular complexity index is 441. The predicted molar refractivity (Wildman–Crippen MR) is 78.6 cm³/mol. The summed E-state index contributed by atoms with van der Waals surface area (Å²) >= 11 is 9.55. The Labute approximate surface area is 121 Å². The second-order valence-corrected chi connectivity index (χ2v) is 6.61. The molecule has 1 fully saturated rings. The van der Waals surface area contributed by atoms with Crippen molar-refractivity contribution in [3.63, 3.8) is 0 Å². The van der Waals surface area contributed by atoms with E-state index in [-0.39, 0.29) is 5.91 Å². The molecule has 0 aromatic heterocycles. The molecule has 0 spiro atoms. The number of alkyl halides is 1. The molecule has 2 nitrogen and oxygen atoms in total. The van der Waals surface area contributed by atoms with Crippen LogP contribution in [0.1, 0.15) is 41.6 Å². The van der Waals surface area contributed by atoms with Gasteiger partial charge < -0.3 is 5.32 Å². The highest BCUT2D eigenvalue weighted by atomic mass is 79.9. The number of aryl methyl sites for hydroxylation is 1. The number of benzene rings is 1. The van der Waals surface area contributed by atoms with Gasteiger partial charge in [0.2, 0.25) is 0 Å². The summed E-state index contributed by atoms with van der Waals surface area (Å²) in [5.41, 5.74) is 1.65. The topological polar surface area (TPSA) is 29.1 Å². The second-order valence-electron chi connectivity index (χ2n) is 4.88. The minimum atomic E-state index is -0.00646. The number of rotatable bonds is 2. The second kappa shape index (κ2) is 6.07. The Kier molecular flexibility index (Phi) is 4.68. The predicted octanol–water partition coefficient (Wildman–Crippen LogP) is 4.08. The lowest BCUT2D eigenvalue weighted by atomic mass is 9.95. The lowest BCUT2D eigenvalue weighted by molar-refractivity contribution is 0.0927. The summed E-state index contributed by atoms with van der Waals surface area (Å²) in [6, 6.07) is 5.73. The molecule has 0 atom stereocenters. The van der Waals surface area contributed by atoms with Crippen LogP contribution in [0.2, 0.25) is 5.02 Å². The highest BCUT2D eigenvalue weighted by molar-refractivity contribution is 9.09. The highest BCUT2D eigenvalue weighted by Gasteiger charge is 2.21. The van der Waals surface area contributed by atoms with E-state index in [1.807, 2.05) is 19.1 Å². The van der Waals surface area contributed by atoms with Gasteiger partial charge >= 0.3 is 0 Å². The molecule has 2 rings (SSSR count). The van der Waals surface area contributed by atoms with Crippen molar-refractivity contribution in [1.29, 1.82) is 0 Å². The number of nitrogens with one attached hydrogen (secondary N) is 1.